The lowest BCUT2D eigenvalue weighted by Gasteiger charge is -2.29. The minimum atomic E-state index is -3.58. The van der Waals surface area contributed by atoms with E-state index in [0.717, 1.165) is 13.0 Å². The number of hydrogen-bond acceptors (Lipinski definition) is 5. The Labute approximate surface area is 125 Å². The Morgan fingerprint density at radius 1 is 1.52 bits per heavy atom. The van der Waals surface area contributed by atoms with Crippen LogP contribution in [0.1, 0.15) is 32.5 Å². The molecule has 1 fully saturated rings. The van der Waals surface area contributed by atoms with Crippen LogP contribution >= 0.6 is 0 Å². The smallest absolute Gasteiger partial charge is 0.262 e. The van der Waals surface area contributed by atoms with Gasteiger partial charge in [-0.3, -0.25) is 0 Å². The van der Waals surface area contributed by atoms with Crippen LogP contribution in [0.4, 0.5) is 0 Å². The van der Waals surface area contributed by atoms with Crippen molar-refractivity contribution in [2.45, 2.75) is 45.2 Å². The molecule has 0 aliphatic carbocycles. The van der Waals surface area contributed by atoms with Crippen molar-refractivity contribution >= 4 is 15.7 Å². The lowest BCUT2D eigenvalue weighted by molar-refractivity contribution is 0.300. The lowest BCUT2D eigenvalue weighted by Crippen LogP contribution is -2.43. The van der Waals surface area contributed by atoms with E-state index in [2.05, 4.69) is 10.1 Å². The zero-order valence-corrected chi connectivity index (χ0v) is 13.5. The number of nitrogens with zero attached hydrogens (tertiary/aromatic N) is 4. The van der Waals surface area contributed by atoms with Gasteiger partial charge in [0.05, 0.1) is 5.71 Å². The zero-order chi connectivity index (χ0) is 15.6. The van der Waals surface area contributed by atoms with E-state index in [1.807, 2.05) is 25.3 Å². The molecule has 0 radical (unpaired) electrons. The van der Waals surface area contributed by atoms with Gasteiger partial charge in [0.15, 0.2) is 5.03 Å². The van der Waals surface area contributed by atoms with Crippen LogP contribution in [-0.4, -0.2) is 46.3 Å². The molecule has 0 amide bonds. The van der Waals surface area contributed by atoms with Crippen molar-refractivity contribution in [1.29, 1.82) is 0 Å². The summed E-state index contributed by atoms with van der Waals surface area (Å²) >= 11 is 0. The number of aryl methyl sites for hydroxylation is 2. The van der Waals surface area contributed by atoms with Crippen LogP contribution in [0.15, 0.2) is 16.4 Å². The van der Waals surface area contributed by atoms with Gasteiger partial charge < -0.3 is 9.77 Å². The molecule has 8 heteroatoms. The number of hydrogen-bond donors (Lipinski definition) is 1. The molecule has 7 nitrogen and oxygen atoms in total. The second kappa shape index (κ2) is 6.15. The first-order valence-electron chi connectivity index (χ1n) is 7.14. The quantitative estimate of drug-likeness (QED) is 0.673. The molecule has 1 saturated heterocycles. The Kier molecular flexibility index (Phi) is 4.67. The molecule has 1 aliphatic heterocycles. The highest BCUT2D eigenvalue weighted by molar-refractivity contribution is 7.89. The number of oxime groups is 1. The molecule has 118 valence electrons. The number of rotatable bonds is 4. The molecule has 0 bridgehead atoms. The van der Waals surface area contributed by atoms with E-state index in [0.29, 0.717) is 31.0 Å². The Morgan fingerprint density at radius 3 is 2.81 bits per heavy atom. The molecule has 0 saturated carbocycles. The van der Waals surface area contributed by atoms with Gasteiger partial charge in [0.25, 0.3) is 10.0 Å². The summed E-state index contributed by atoms with van der Waals surface area (Å²) in [5, 5.41) is 12.2. The average molecular weight is 314 g/mol. The summed E-state index contributed by atoms with van der Waals surface area (Å²) in [6.07, 6.45) is 2.98. The molecular weight excluding hydrogens is 292 g/mol. The summed E-state index contributed by atoms with van der Waals surface area (Å²) in [4.78, 5) is 4.19. The van der Waals surface area contributed by atoms with Gasteiger partial charge in [0, 0.05) is 38.2 Å². The first kappa shape index (κ1) is 16.0. The number of imidazole rings is 1. The first-order valence-corrected chi connectivity index (χ1v) is 8.59. The predicted molar refractivity (Wildman–Crippen MR) is 79.0 cm³/mol. The van der Waals surface area contributed by atoms with Gasteiger partial charge in [-0.15, -0.1) is 0 Å². The highest BCUT2D eigenvalue weighted by Crippen LogP contribution is 2.22. The number of piperidine rings is 1. The van der Waals surface area contributed by atoms with Crippen molar-refractivity contribution < 1.29 is 13.6 Å². The predicted octanol–water partition coefficient (Wildman–Crippen LogP) is 1.46. The summed E-state index contributed by atoms with van der Waals surface area (Å²) in [6, 6.07) is 0. The minimum absolute atomic E-state index is 0.0858. The van der Waals surface area contributed by atoms with Gasteiger partial charge in [-0.2, -0.15) is 4.31 Å². The third-order valence-corrected chi connectivity index (χ3v) is 5.55. The molecule has 1 aromatic heterocycles. The van der Waals surface area contributed by atoms with Gasteiger partial charge in [-0.05, 0) is 13.3 Å². The Hall–Kier alpha value is -1.41. The SMILES string of the molecule is CCCn1cc(S(=O)(=O)N2CC/C(=N/O)C(C)C2)nc1C. The maximum Gasteiger partial charge on any atom is 0.262 e. The van der Waals surface area contributed by atoms with E-state index in [4.69, 9.17) is 5.21 Å². The normalized spacial score (nSPS) is 22.8. The molecule has 1 aliphatic rings. The summed E-state index contributed by atoms with van der Waals surface area (Å²) in [6.45, 7) is 7.11. The highest BCUT2D eigenvalue weighted by atomic mass is 32.2. The maximum absolute atomic E-state index is 12.6. The molecule has 1 atom stereocenters. The molecular formula is C13H22N4O3S. The highest BCUT2D eigenvalue weighted by Gasteiger charge is 2.33. The van der Waals surface area contributed by atoms with E-state index in [-0.39, 0.29) is 10.9 Å². The third kappa shape index (κ3) is 3.11. The Bertz CT molecular complexity index is 636. The molecule has 0 aromatic carbocycles. The maximum atomic E-state index is 12.6. The average Bonchev–Trinajstić information content (AvgIpc) is 2.81. The van der Waals surface area contributed by atoms with Gasteiger partial charge in [0.1, 0.15) is 5.82 Å². The second-order valence-corrected chi connectivity index (χ2v) is 7.31. The van der Waals surface area contributed by atoms with Crippen molar-refractivity contribution in [3.05, 3.63) is 12.0 Å². The van der Waals surface area contributed by atoms with Crippen molar-refractivity contribution in [3.63, 3.8) is 0 Å². The van der Waals surface area contributed by atoms with Gasteiger partial charge in [-0.1, -0.05) is 19.0 Å². The summed E-state index contributed by atoms with van der Waals surface area (Å²) in [5.74, 6) is 0.621. The van der Waals surface area contributed by atoms with Crippen LogP contribution in [-0.2, 0) is 16.6 Å². The molecule has 1 N–H and O–H groups in total. The van der Waals surface area contributed by atoms with E-state index >= 15 is 0 Å². The Morgan fingerprint density at radius 2 is 2.24 bits per heavy atom. The minimum Gasteiger partial charge on any atom is -0.411 e. The van der Waals surface area contributed by atoms with Gasteiger partial charge in [0.2, 0.25) is 0 Å². The van der Waals surface area contributed by atoms with Crippen LogP contribution in [0, 0.1) is 12.8 Å². The van der Waals surface area contributed by atoms with E-state index in [9.17, 15) is 8.42 Å². The summed E-state index contributed by atoms with van der Waals surface area (Å²) in [7, 11) is -3.58. The molecule has 2 heterocycles. The fraction of sp³-hybridized carbons (Fsp3) is 0.692. The number of aromatic nitrogens is 2. The molecule has 2 rings (SSSR count). The number of sulfonamides is 1. The zero-order valence-electron chi connectivity index (χ0n) is 12.7. The van der Waals surface area contributed by atoms with E-state index in [1.54, 1.807) is 6.20 Å². The van der Waals surface area contributed by atoms with Crippen LogP contribution in [0.5, 0.6) is 0 Å². The van der Waals surface area contributed by atoms with Gasteiger partial charge >= 0.3 is 0 Å². The standard InChI is InChI=1S/C13H22N4O3S/c1-4-6-16-9-13(14-11(16)3)21(19,20)17-7-5-12(15-18)10(2)8-17/h9-10,18H,4-8H2,1-3H3/b15-12-. The van der Waals surface area contributed by atoms with Crippen molar-refractivity contribution in [3.8, 4) is 0 Å². The van der Waals surface area contributed by atoms with Crippen molar-refractivity contribution in [2.24, 2.45) is 11.1 Å². The molecule has 21 heavy (non-hydrogen) atoms. The second-order valence-electron chi connectivity index (χ2n) is 5.43. The molecule has 0 spiro atoms. The van der Waals surface area contributed by atoms with Crippen LogP contribution in [0.3, 0.4) is 0 Å². The first-order chi connectivity index (χ1) is 9.90. The topological polar surface area (TPSA) is 87.8 Å². The molecule has 1 unspecified atom stereocenters. The van der Waals surface area contributed by atoms with Crippen molar-refractivity contribution in [1.82, 2.24) is 13.9 Å². The van der Waals surface area contributed by atoms with Crippen molar-refractivity contribution in [2.75, 3.05) is 13.1 Å². The van der Waals surface area contributed by atoms with Gasteiger partial charge in [-0.25, -0.2) is 13.4 Å². The molecule has 1 aromatic rings. The van der Waals surface area contributed by atoms with Crippen LogP contribution < -0.4 is 0 Å². The fourth-order valence-electron chi connectivity index (χ4n) is 2.56. The largest absolute Gasteiger partial charge is 0.411 e. The monoisotopic (exact) mass is 314 g/mol. The summed E-state index contributed by atoms with van der Waals surface area (Å²) in [5.41, 5.74) is 0.647. The lowest BCUT2D eigenvalue weighted by atomic mass is 10.00. The van der Waals surface area contributed by atoms with E-state index in [1.165, 1.54) is 4.31 Å². The van der Waals surface area contributed by atoms with E-state index < -0.39 is 10.0 Å². The van der Waals surface area contributed by atoms with Crippen LogP contribution in [0.25, 0.3) is 0 Å². The summed E-state index contributed by atoms with van der Waals surface area (Å²) < 4.78 is 28.6. The Balaban J connectivity index is 2.24. The fourth-order valence-corrected chi connectivity index (χ4v) is 4.08. The van der Waals surface area contributed by atoms with Crippen LogP contribution in [0.2, 0.25) is 0 Å². The third-order valence-electron chi connectivity index (χ3n) is 3.81.